The molecule has 3 heteroatoms. The number of benzene rings is 1. The first-order valence-electron chi connectivity index (χ1n) is 6.79. The molecule has 0 aliphatic carbocycles. The quantitative estimate of drug-likeness (QED) is 0.816. The van der Waals surface area contributed by atoms with Gasteiger partial charge < -0.3 is 0 Å². The van der Waals surface area contributed by atoms with Crippen molar-refractivity contribution < 1.29 is 4.21 Å². The first kappa shape index (κ1) is 13.8. The Morgan fingerprint density at radius 2 is 2.00 bits per heavy atom. The van der Waals surface area contributed by atoms with Gasteiger partial charge in [-0.1, -0.05) is 43.7 Å². The standard InChI is InChI=1S/C15H23NOS/c1-12(2)11-18(17)16-10-4-5-15(16)14-8-6-13(3)7-9-14/h6-9,12,15H,4-5,10-11H2,1-3H3/t15-,18?/m1/s1. The van der Waals surface area contributed by atoms with Gasteiger partial charge in [0, 0.05) is 18.3 Å². The van der Waals surface area contributed by atoms with E-state index in [1.165, 1.54) is 11.1 Å². The Morgan fingerprint density at radius 3 is 2.61 bits per heavy atom. The van der Waals surface area contributed by atoms with E-state index < -0.39 is 11.0 Å². The van der Waals surface area contributed by atoms with Gasteiger partial charge in [0.05, 0.1) is 11.0 Å². The maximum Gasteiger partial charge on any atom is 0.0950 e. The molecule has 0 spiro atoms. The van der Waals surface area contributed by atoms with Gasteiger partial charge in [-0.25, -0.2) is 8.51 Å². The van der Waals surface area contributed by atoms with Crippen molar-refractivity contribution in [1.82, 2.24) is 4.31 Å². The molecule has 1 fully saturated rings. The van der Waals surface area contributed by atoms with Crippen LogP contribution >= 0.6 is 0 Å². The lowest BCUT2D eigenvalue weighted by atomic mass is 10.0. The zero-order valence-corrected chi connectivity index (χ0v) is 12.4. The Hall–Kier alpha value is -0.670. The summed E-state index contributed by atoms with van der Waals surface area (Å²) in [6.45, 7) is 7.34. The molecule has 0 aromatic heterocycles. The summed E-state index contributed by atoms with van der Waals surface area (Å²) in [4.78, 5) is 0. The van der Waals surface area contributed by atoms with Crippen LogP contribution in [0.4, 0.5) is 0 Å². The van der Waals surface area contributed by atoms with E-state index in [0.717, 1.165) is 25.1 Å². The molecule has 0 N–H and O–H groups in total. The van der Waals surface area contributed by atoms with Crippen LogP contribution in [0.25, 0.3) is 0 Å². The topological polar surface area (TPSA) is 20.3 Å². The monoisotopic (exact) mass is 265 g/mol. The molecule has 2 atom stereocenters. The lowest BCUT2D eigenvalue weighted by Crippen LogP contribution is -2.28. The number of rotatable bonds is 4. The van der Waals surface area contributed by atoms with E-state index >= 15 is 0 Å². The molecule has 2 rings (SSSR count). The van der Waals surface area contributed by atoms with Crippen LogP contribution in [-0.4, -0.2) is 20.8 Å². The number of hydrogen-bond acceptors (Lipinski definition) is 1. The summed E-state index contributed by atoms with van der Waals surface area (Å²) in [5.41, 5.74) is 2.60. The van der Waals surface area contributed by atoms with Crippen LogP contribution < -0.4 is 0 Å². The van der Waals surface area contributed by atoms with Gasteiger partial charge in [-0.15, -0.1) is 0 Å². The summed E-state index contributed by atoms with van der Waals surface area (Å²) >= 11 is 0. The minimum Gasteiger partial charge on any atom is -0.243 e. The van der Waals surface area contributed by atoms with Crippen molar-refractivity contribution in [2.75, 3.05) is 12.3 Å². The molecule has 1 aliphatic rings. The largest absolute Gasteiger partial charge is 0.243 e. The van der Waals surface area contributed by atoms with E-state index in [4.69, 9.17) is 0 Å². The first-order valence-corrected chi connectivity index (χ1v) is 8.07. The zero-order valence-electron chi connectivity index (χ0n) is 11.6. The smallest absolute Gasteiger partial charge is 0.0950 e. The highest BCUT2D eigenvalue weighted by molar-refractivity contribution is 7.82. The van der Waals surface area contributed by atoms with Crippen molar-refractivity contribution in [3.63, 3.8) is 0 Å². The number of nitrogens with zero attached hydrogens (tertiary/aromatic N) is 1. The predicted molar refractivity (Wildman–Crippen MR) is 77.7 cm³/mol. The Bertz CT molecular complexity index is 413. The molecule has 1 aromatic carbocycles. The van der Waals surface area contributed by atoms with Gasteiger partial charge >= 0.3 is 0 Å². The van der Waals surface area contributed by atoms with Crippen molar-refractivity contribution in [2.24, 2.45) is 5.92 Å². The second kappa shape index (κ2) is 5.98. The fourth-order valence-corrected chi connectivity index (χ4v) is 4.09. The second-order valence-electron chi connectivity index (χ2n) is 5.59. The Balaban J connectivity index is 2.12. The van der Waals surface area contributed by atoms with Gasteiger partial charge in [0.2, 0.25) is 0 Å². The highest BCUT2D eigenvalue weighted by atomic mass is 32.2. The average molecular weight is 265 g/mol. The van der Waals surface area contributed by atoms with Crippen LogP contribution in [0.15, 0.2) is 24.3 Å². The normalized spacial score (nSPS) is 22.6. The number of hydrogen-bond donors (Lipinski definition) is 0. The van der Waals surface area contributed by atoms with E-state index in [-0.39, 0.29) is 0 Å². The highest BCUT2D eigenvalue weighted by Gasteiger charge is 2.30. The van der Waals surface area contributed by atoms with Crippen LogP contribution in [0.5, 0.6) is 0 Å². The van der Waals surface area contributed by atoms with E-state index in [1.54, 1.807) is 0 Å². The van der Waals surface area contributed by atoms with Gasteiger partial charge in [-0.3, -0.25) is 0 Å². The molecular weight excluding hydrogens is 242 g/mol. The summed E-state index contributed by atoms with van der Waals surface area (Å²) in [5.74, 6) is 1.27. The Kier molecular flexibility index (Phi) is 4.57. The van der Waals surface area contributed by atoms with E-state index in [0.29, 0.717) is 12.0 Å². The van der Waals surface area contributed by atoms with Crippen molar-refractivity contribution >= 4 is 11.0 Å². The highest BCUT2D eigenvalue weighted by Crippen LogP contribution is 2.33. The lowest BCUT2D eigenvalue weighted by molar-refractivity contribution is 0.424. The fraction of sp³-hybridized carbons (Fsp3) is 0.600. The maximum absolute atomic E-state index is 12.3. The van der Waals surface area contributed by atoms with E-state index in [1.807, 2.05) is 0 Å². The first-order chi connectivity index (χ1) is 8.58. The maximum atomic E-state index is 12.3. The zero-order chi connectivity index (χ0) is 13.1. The lowest BCUT2D eigenvalue weighted by Gasteiger charge is -2.24. The van der Waals surface area contributed by atoms with Crippen LogP contribution in [0.3, 0.4) is 0 Å². The Morgan fingerprint density at radius 1 is 1.33 bits per heavy atom. The van der Waals surface area contributed by atoms with E-state index in [2.05, 4.69) is 49.3 Å². The van der Waals surface area contributed by atoms with Crippen molar-refractivity contribution in [2.45, 2.75) is 39.7 Å². The molecule has 2 nitrogen and oxygen atoms in total. The third-order valence-corrected chi connectivity index (χ3v) is 5.32. The van der Waals surface area contributed by atoms with Crippen molar-refractivity contribution in [3.8, 4) is 0 Å². The average Bonchev–Trinajstić information content (AvgIpc) is 2.78. The second-order valence-corrected chi connectivity index (χ2v) is 7.04. The molecule has 0 bridgehead atoms. The van der Waals surface area contributed by atoms with Gasteiger partial charge in [0.25, 0.3) is 0 Å². The molecule has 0 amide bonds. The molecule has 1 unspecified atom stereocenters. The van der Waals surface area contributed by atoms with Gasteiger partial charge in [-0.2, -0.15) is 0 Å². The summed E-state index contributed by atoms with van der Waals surface area (Å²) in [5, 5.41) is 0. The van der Waals surface area contributed by atoms with Gasteiger partial charge in [-0.05, 0) is 31.2 Å². The van der Waals surface area contributed by atoms with Crippen LogP contribution in [0.1, 0.15) is 43.9 Å². The van der Waals surface area contributed by atoms with Gasteiger partial charge in [0.1, 0.15) is 0 Å². The molecule has 0 radical (unpaired) electrons. The predicted octanol–water partition coefficient (Wildman–Crippen LogP) is 3.45. The van der Waals surface area contributed by atoms with Crippen LogP contribution in [0, 0.1) is 12.8 Å². The van der Waals surface area contributed by atoms with Crippen molar-refractivity contribution in [3.05, 3.63) is 35.4 Å². The van der Waals surface area contributed by atoms with E-state index in [9.17, 15) is 4.21 Å². The SMILES string of the molecule is Cc1ccc([C@H]2CCCN2S(=O)CC(C)C)cc1. The summed E-state index contributed by atoms with van der Waals surface area (Å²) in [7, 11) is -0.828. The molecule has 0 saturated carbocycles. The fourth-order valence-electron chi connectivity index (χ4n) is 2.49. The number of aryl methyl sites for hydroxylation is 1. The molecule has 18 heavy (non-hydrogen) atoms. The molecule has 1 aliphatic heterocycles. The third kappa shape index (κ3) is 3.21. The molecule has 1 heterocycles. The third-order valence-electron chi connectivity index (χ3n) is 3.40. The summed E-state index contributed by atoms with van der Waals surface area (Å²) in [6, 6.07) is 9.02. The minimum absolute atomic E-state index is 0.352. The van der Waals surface area contributed by atoms with Crippen LogP contribution in [0.2, 0.25) is 0 Å². The molecule has 1 saturated heterocycles. The van der Waals surface area contributed by atoms with Crippen LogP contribution in [-0.2, 0) is 11.0 Å². The van der Waals surface area contributed by atoms with Crippen molar-refractivity contribution in [1.29, 1.82) is 0 Å². The summed E-state index contributed by atoms with van der Waals surface area (Å²) in [6.07, 6.45) is 2.29. The molecule has 1 aromatic rings. The molecular formula is C15H23NOS. The summed E-state index contributed by atoms with van der Waals surface area (Å²) < 4.78 is 14.5. The Labute approximate surface area is 113 Å². The van der Waals surface area contributed by atoms with Gasteiger partial charge in [0.15, 0.2) is 0 Å². The minimum atomic E-state index is -0.828. The molecule has 100 valence electrons.